The third-order valence-electron chi connectivity index (χ3n) is 1.98. The molecular formula is C11H12Co. The summed E-state index contributed by atoms with van der Waals surface area (Å²) in [5.74, 6) is 0.645. The van der Waals surface area contributed by atoms with E-state index >= 15 is 0 Å². The molecule has 0 saturated heterocycles. The predicted molar refractivity (Wildman–Crippen MR) is 48.2 cm³/mol. The van der Waals surface area contributed by atoms with Crippen LogP contribution >= 0.6 is 0 Å². The van der Waals surface area contributed by atoms with E-state index in [1.807, 2.05) is 0 Å². The molecule has 1 heteroatoms. The molecule has 65 valence electrons. The van der Waals surface area contributed by atoms with Crippen LogP contribution < -0.4 is 0 Å². The van der Waals surface area contributed by atoms with Crippen molar-refractivity contribution < 1.29 is 14.7 Å². The molecule has 0 radical (unpaired) electrons. The van der Waals surface area contributed by atoms with E-state index in [1.165, 1.54) is 23.7 Å². The van der Waals surface area contributed by atoms with Gasteiger partial charge in [0.1, 0.15) is 0 Å². The van der Waals surface area contributed by atoms with Crippen LogP contribution in [-0.4, -0.2) is 0 Å². The molecule has 0 aliphatic heterocycles. The van der Waals surface area contributed by atoms with Crippen molar-refractivity contribution >= 4 is 0 Å². The molecule has 0 fully saturated rings. The van der Waals surface area contributed by atoms with Crippen molar-refractivity contribution in [1.82, 2.24) is 0 Å². The van der Waals surface area contributed by atoms with Gasteiger partial charge < -0.3 is 0 Å². The summed E-state index contributed by atoms with van der Waals surface area (Å²) in [7, 11) is 0. The molecule has 2 aliphatic carbocycles. The van der Waals surface area contributed by atoms with E-state index < -0.39 is 0 Å². The average molecular weight is 203 g/mol. The molecule has 0 amide bonds. The Bertz CT molecular complexity index is 292. The first-order valence-corrected chi connectivity index (χ1v) is 5.25. The Hall–Kier alpha value is -0.534. The summed E-state index contributed by atoms with van der Waals surface area (Å²) < 4.78 is 3.05. The van der Waals surface area contributed by atoms with E-state index in [-0.39, 0.29) is 0 Å². The van der Waals surface area contributed by atoms with Crippen molar-refractivity contribution in [1.29, 1.82) is 0 Å². The normalized spacial score (nSPS) is 26.6. The Morgan fingerprint density at radius 1 is 1.33 bits per heavy atom. The molecule has 0 N–H and O–H groups in total. The number of rotatable bonds is 2. The van der Waals surface area contributed by atoms with Gasteiger partial charge in [-0.2, -0.15) is 0 Å². The van der Waals surface area contributed by atoms with Crippen LogP contribution in [0.3, 0.4) is 0 Å². The van der Waals surface area contributed by atoms with Crippen LogP contribution in [-0.2, 0) is 14.7 Å². The van der Waals surface area contributed by atoms with Crippen molar-refractivity contribution in [2.45, 2.75) is 13.3 Å². The Kier molecular flexibility index (Phi) is 2.33. The van der Waals surface area contributed by atoms with Gasteiger partial charge in [0.2, 0.25) is 0 Å². The molecule has 0 aromatic carbocycles. The Labute approximate surface area is 79.7 Å². The molecule has 0 aromatic rings. The first-order valence-electron chi connectivity index (χ1n) is 4.21. The van der Waals surface area contributed by atoms with E-state index in [0.29, 0.717) is 5.92 Å². The maximum atomic E-state index is 2.25. The Morgan fingerprint density at radius 3 is 2.83 bits per heavy atom. The van der Waals surface area contributed by atoms with Gasteiger partial charge in [0.05, 0.1) is 0 Å². The molecule has 2 rings (SSSR count). The molecule has 2 aliphatic rings. The van der Waals surface area contributed by atoms with Crippen LogP contribution in [0.5, 0.6) is 0 Å². The zero-order chi connectivity index (χ0) is 8.39. The Morgan fingerprint density at radius 2 is 2.25 bits per heavy atom. The standard InChI is InChI=1S/C6H7.C5H5.Co/c1-6-4-2-3-5-6;1-2-4-5-3-1;/h2-4,6H,1H3;1-3H,4H2;. The second kappa shape index (κ2) is 3.46. The number of allylic oxidation sites excluding steroid dienone is 8. The zero-order valence-corrected chi connectivity index (χ0v) is 8.12. The quantitative estimate of drug-likeness (QED) is 0.647. The van der Waals surface area contributed by atoms with Gasteiger partial charge in [-0.25, -0.2) is 0 Å². The molecule has 0 heterocycles. The van der Waals surface area contributed by atoms with Crippen LogP contribution in [0.25, 0.3) is 0 Å². The van der Waals surface area contributed by atoms with Gasteiger partial charge in [-0.05, 0) is 0 Å². The minimum atomic E-state index is 0.645. The summed E-state index contributed by atoms with van der Waals surface area (Å²) in [4.78, 5) is 0. The minimum absolute atomic E-state index is 0.645. The maximum absolute atomic E-state index is 2.25. The molecule has 0 spiro atoms. The van der Waals surface area contributed by atoms with Crippen molar-refractivity contribution in [2.75, 3.05) is 0 Å². The van der Waals surface area contributed by atoms with Crippen molar-refractivity contribution in [2.24, 2.45) is 5.92 Å². The molecule has 12 heavy (non-hydrogen) atoms. The molecule has 1 atom stereocenters. The summed E-state index contributed by atoms with van der Waals surface area (Å²) in [6.07, 6.45) is 14.4. The summed E-state index contributed by atoms with van der Waals surface area (Å²) in [6.45, 7) is 2.25. The summed E-state index contributed by atoms with van der Waals surface area (Å²) >= 11 is 1.45. The van der Waals surface area contributed by atoms with E-state index in [2.05, 4.69) is 43.4 Å². The fraction of sp³-hybridized carbons (Fsp3) is 0.273. The van der Waals surface area contributed by atoms with Crippen molar-refractivity contribution in [3.8, 4) is 0 Å². The van der Waals surface area contributed by atoms with E-state index in [0.717, 1.165) is 6.42 Å². The van der Waals surface area contributed by atoms with Crippen LogP contribution in [0.2, 0.25) is 0 Å². The van der Waals surface area contributed by atoms with Gasteiger partial charge in [-0.3, -0.25) is 0 Å². The zero-order valence-electron chi connectivity index (χ0n) is 7.08. The molecule has 0 bridgehead atoms. The molecule has 0 saturated carbocycles. The summed E-state index contributed by atoms with van der Waals surface area (Å²) in [5.41, 5.74) is 0. The van der Waals surface area contributed by atoms with E-state index in [4.69, 9.17) is 0 Å². The molecule has 0 nitrogen and oxygen atoms in total. The second-order valence-electron chi connectivity index (χ2n) is 3.00. The van der Waals surface area contributed by atoms with Crippen LogP contribution in [0.4, 0.5) is 0 Å². The van der Waals surface area contributed by atoms with Gasteiger partial charge in [-0.15, -0.1) is 0 Å². The Balaban J connectivity index is 1.96. The first kappa shape index (κ1) is 8.08. The van der Waals surface area contributed by atoms with Crippen LogP contribution in [0.1, 0.15) is 13.3 Å². The predicted octanol–water partition coefficient (Wildman–Crippen LogP) is 3.00. The average Bonchev–Trinajstić information content (AvgIpc) is 2.65. The third kappa shape index (κ3) is 1.62. The monoisotopic (exact) mass is 203 g/mol. The fourth-order valence-corrected chi connectivity index (χ4v) is 2.58. The SMILES string of the molecule is CC1C=CC=[C]1[Co][C]1=CC=CC1. The topological polar surface area (TPSA) is 0 Å². The van der Waals surface area contributed by atoms with Crippen molar-refractivity contribution in [3.63, 3.8) is 0 Å². The summed E-state index contributed by atoms with van der Waals surface area (Å²) in [6, 6.07) is 0. The van der Waals surface area contributed by atoms with Crippen LogP contribution in [0.15, 0.2) is 45.5 Å². The molecule has 1 unspecified atom stereocenters. The van der Waals surface area contributed by atoms with Gasteiger partial charge in [0.15, 0.2) is 0 Å². The van der Waals surface area contributed by atoms with Gasteiger partial charge in [0.25, 0.3) is 0 Å². The van der Waals surface area contributed by atoms with Gasteiger partial charge in [-0.1, -0.05) is 0 Å². The van der Waals surface area contributed by atoms with E-state index in [9.17, 15) is 0 Å². The molecule has 0 aromatic heterocycles. The van der Waals surface area contributed by atoms with Crippen molar-refractivity contribution in [3.05, 3.63) is 45.5 Å². The van der Waals surface area contributed by atoms with Gasteiger partial charge in [0, 0.05) is 0 Å². The van der Waals surface area contributed by atoms with Gasteiger partial charge >= 0.3 is 79.4 Å². The second-order valence-corrected chi connectivity index (χ2v) is 4.53. The number of hydrogen-bond acceptors (Lipinski definition) is 0. The first-order chi connectivity index (χ1) is 5.86. The third-order valence-corrected chi connectivity index (χ3v) is 3.64. The van der Waals surface area contributed by atoms with Crippen LogP contribution in [0, 0.1) is 5.92 Å². The molecular weight excluding hydrogens is 191 g/mol. The van der Waals surface area contributed by atoms with E-state index in [1.54, 1.807) is 0 Å². The number of hydrogen-bond donors (Lipinski definition) is 0. The summed E-state index contributed by atoms with van der Waals surface area (Å²) in [5, 5.41) is 0. The fourth-order valence-electron chi connectivity index (χ4n) is 1.25.